The van der Waals surface area contributed by atoms with Crippen LogP contribution in [0.25, 0.3) is 0 Å². The van der Waals surface area contributed by atoms with Crippen molar-refractivity contribution in [3.05, 3.63) is 0 Å². The van der Waals surface area contributed by atoms with Crippen molar-refractivity contribution in [2.45, 2.75) is 27.1 Å². The second kappa shape index (κ2) is 8.06. The minimum atomic E-state index is -0.844. The van der Waals surface area contributed by atoms with E-state index in [4.69, 9.17) is 9.47 Å². The highest BCUT2D eigenvalue weighted by molar-refractivity contribution is 9.09. The van der Waals surface area contributed by atoms with E-state index in [-0.39, 0.29) is 23.8 Å². The Bertz CT molecular complexity index is 221. The Kier molecular flexibility index (Phi) is 8.01. The van der Waals surface area contributed by atoms with Gasteiger partial charge in [-0.15, -0.1) is 0 Å². The lowest BCUT2D eigenvalue weighted by Crippen LogP contribution is -2.28. The Morgan fingerprint density at radius 1 is 0.938 bits per heavy atom. The number of hydrogen-bond acceptors (Lipinski definition) is 4. The summed E-state index contributed by atoms with van der Waals surface area (Å²) < 4.78 is 9.88. The van der Waals surface area contributed by atoms with Crippen LogP contribution in [0.1, 0.15) is 20.8 Å². The molecule has 0 heterocycles. The average Bonchev–Trinajstić information content (AvgIpc) is 2.26. The number of hydrogen-bond donors (Lipinski definition) is 0. The van der Waals surface area contributed by atoms with Crippen LogP contribution < -0.4 is 0 Å². The summed E-state index contributed by atoms with van der Waals surface area (Å²) in [5.74, 6) is -1.28. The number of ether oxygens (including phenoxy) is 2. The summed E-state index contributed by atoms with van der Waals surface area (Å²) >= 11 is 6.35. The third kappa shape index (κ3) is 5.84. The molecule has 2 unspecified atom stereocenters. The number of halogens is 2. The third-order valence-corrected chi connectivity index (χ3v) is 3.77. The van der Waals surface area contributed by atoms with Crippen molar-refractivity contribution < 1.29 is 19.1 Å². The molecule has 16 heavy (non-hydrogen) atoms. The molecule has 0 rings (SSSR count). The molecule has 94 valence electrons. The van der Waals surface area contributed by atoms with Crippen LogP contribution >= 0.6 is 31.9 Å². The van der Waals surface area contributed by atoms with E-state index in [1.807, 2.05) is 0 Å². The number of esters is 2. The predicted molar refractivity (Wildman–Crippen MR) is 67.6 cm³/mol. The molecular formula is C10H16Br2O4. The van der Waals surface area contributed by atoms with Crippen LogP contribution in [0, 0.1) is 11.8 Å². The van der Waals surface area contributed by atoms with Crippen LogP contribution in [0.5, 0.6) is 0 Å². The zero-order valence-electron chi connectivity index (χ0n) is 9.54. The second-order valence-electron chi connectivity index (χ2n) is 3.55. The molecule has 0 saturated heterocycles. The maximum Gasteiger partial charge on any atom is 0.312 e. The van der Waals surface area contributed by atoms with E-state index in [0.717, 1.165) is 0 Å². The topological polar surface area (TPSA) is 52.6 Å². The van der Waals surface area contributed by atoms with E-state index in [0.29, 0.717) is 10.7 Å². The lowest BCUT2D eigenvalue weighted by atomic mass is 10.2. The zero-order chi connectivity index (χ0) is 12.7. The SMILES string of the molecule is CC(OC(=O)C(C)CBr)OC(=O)C(C)CBr. The first-order valence-corrected chi connectivity index (χ1v) is 7.19. The smallest absolute Gasteiger partial charge is 0.312 e. The summed E-state index contributed by atoms with van der Waals surface area (Å²) in [4.78, 5) is 22.7. The highest BCUT2D eigenvalue weighted by Gasteiger charge is 2.21. The Hall–Kier alpha value is -0.100. The van der Waals surface area contributed by atoms with Crippen molar-refractivity contribution >= 4 is 43.8 Å². The molecule has 2 atom stereocenters. The van der Waals surface area contributed by atoms with Gasteiger partial charge in [-0.2, -0.15) is 0 Å². The normalized spacial score (nSPS) is 16.1. The number of alkyl halides is 2. The molecule has 4 nitrogen and oxygen atoms in total. The largest absolute Gasteiger partial charge is 0.425 e. The van der Waals surface area contributed by atoms with Gasteiger partial charge >= 0.3 is 11.9 Å². The van der Waals surface area contributed by atoms with E-state index in [2.05, 4.69) is 31.9 Å². The van der Waals surface area contributed by atoms with E-state index >= 15 is 0 Å². The predicted octanol–water partition coefficient (Wildman–Crippen LogP) is 2.48. The van der Waals surface area contributed by atoms with Gasteiger partial charge in [0, 0.05) is 17.6 Å². The molecular weight excluding hydrogens is 344 g/mol. The molecule has 0 aliphatic carbocycles. The van der Waals surface area contributed by atoms with Gasteiger partial charge in [-0.05, 0) is 0 Å². The Morgan fingerprint density at radius 2 is 1.25 bits per heavy atom. The Balaban J connectivity index is 4.03. The fourth-order valence-corrected chi connectivity index (χ4v) is 1.24. The summed E-state index contributed by atoms with van der Waals surface area (Å²) in [6, 6.07) is 0. The van der Waals surface area contributed by atoms with Crippen LogP contribution in [0.4, 0.5) is 0 Å². The standard InChI is InChI=1S/C10H16Br2O4/c1-6(4-11)9(13)15-8(3)16-10(14)7(2)5-12/h6-8H,4-5H2,1-3H3. The fraction of sp³-hybridized carbons (Fsp3) is 0.800. The van der Waals surface area contributed by atoms with Crippen LogP contribution in [-0.4, -0.2) is 28.9 Å². The van der Waals surface area contributed by atoms with Crippen LogP contribution in [0.15, 0.2) is 0 Å². The lowest BCUT2D eigenvalue weighted by Gasteiger charge is -2.17. The van der Waals surface area contributed by atoms with E-state index in [1.54, 1.807) is 13.8 Å². The first-order valence-electron chi connectivity index (χ1n) is 4.95. The van der Waals surface area contributed by atoms with Gasteiger partial charge in [0.15, 0.2) is 0 Å². The molecule has 0 aliphatic rings. The molecule has 0 aromatic carbocycles. The molecule has 0 amide bonds. The van der Waals surface area contributed by atoms with Gasteiger partial charge in [0.1, 0.15) is 0 Å². The molecule has 0 aromatic rings. The first kappa shape index (κ1) is 15.9. The second-order valence-corrected chi connectivity index (χ2v) is 4.85. The van der Waals surface area contributed by atoms with Gasteiger partial charge in [0.25, 0.3) is 0 Å². The number of carbonyl (C=O) groups excluding carboxylic acids is 2. The van der Waals surface area contributed by atoms with Crippen LogP contribution in [0.2, 0.25) is 0 Å². The van der Waals surface area contributed by atoms with Crippen molar-refractivity contribution in [3.8, 4) is 0 Å². The van der Waals surface area contributed by atoms with E-state index in [1.165, 1.54) is 6.92 Å². The first-order chi connectivity index (χ1) is 7.42. The summed E-state index contributed by atoms with van der Waals surface area (Å²) in [7, 11) is 0. The molecule has 0 fully saturated rings. The molecule has 0 spiro atoms. The van der Waals surface area contributed by atoms with Crippen LogP contribution in [0.3, 0.4) is 0 Å². The lowest BCUT2D eigenvalue weighted by molar-refractivity contribution is -0.188. The highest BCUT2D eigenvalue weighted by atomic mass is 79.9. The summed E-state index contributed by atoms with van der Waals surface area (Å²) in [6.45, 7) is 4.98. The fourth-order valence-electron chi connectivity index (χ4n) is 0.709. The molecule has 0 N–H and O–H groups in total. The van der Waals surface area contributed by atoms with Crippen molar-refractivity contribution in [1.29, 1.82) is 0 Å². The minimum Gasteiger partial charge on any atom is -0.425 e. The number of rotatable bonds is 6. The van der Waals surface area contributed by atoms with Gasteiger partial charge in [0.05, 0.1) is 11.8 Å². The van der Waals surface area contributed by atoms with E-state index < -0.39 is 6.29 Å². The zero-order valence-corrected chi connectivity index (χ0v) is 12.7. The molecule has 6 heteroatoms. The van der Waals surface area contributed by atoms with Gasteiger partial charge in [-0.3, -0.25) is 9.59 Å². The molecule has 0 aliphatic heterocycles. The highest BCUT2D eigenvalue weighted by Crippen LogP contribution is 2.09. The summed E-state index contributed by atoms with van der Waals surface area (Å²) in [6.07, 6.45) is -0.844. The van der Waals surface area contributed by atoms with Gasteiger partial charge < -0.3 is 9.47 Å². The van der Waals surface area contributed by atoms with Gasteiger partial charge in [0.2, 0.25) is 6.29 Å². The van der Waals surface area contributed by atoms with Gasteiger partial charge in [-0.25, -0.2) is 0 Å². The Morgan fingerprint density at radius 3 is 1.50 bits per heavy atom. The molecule has 0 bridgehead atoms. The maximum absolute atomic E-state index is 11.4. The van der Waals surface area contributed by atoms with E-state index in [9.17, 15) is 9.59 Å². The Labute approximate surface area is 112 Å². The van der Waals surface area contributed by atoms with Gasteiger partial charge in [-0.1, -0.05) is 45.7 Å². The van der Waals surface area contributed by atoms with Crippen molar-refractivity contribution in [1.82, 2.24) is 0 Å². The molecule has 0 radical (unpaired) electrons. The monoisotopic (exact) mass is 358 g/mol. The molecule has 0 aromatic heterocycles. The van der Waals surface area contributed by atoms with Crippen molar-refractivity contribution in [2.24, 2.45) is 11.8 Å². The quantitative estimate of drug-likeness (QED) is 0.415. The summed E-state index contributed by atoms with van der Waals surface area (Å²) in [5.41, 5.74) is 0. The van der Waals surface area contributed by atoms with Crippen molar-refractivity contribution in [2.75, 3.05) is 10.7 Å². The molecule has 0 saturated carbocycles. The third-order valence-electron chi connectivity index (χ3n) is 1.83. The number of carbonyl (C=O) groups is 2. The minimum absolute atomic E-state index is 0.255. The maximum atomic E-state index is 11.4. The summed E-state index contributed by atoms with van der Waals surface area (Å²) in [5, 5.41) is 1.04. The average molecular weight is 360 g/mol. The van der Waals surface area contributed by atoms with Crippen molar-refractivity contribution in [3.63, 3.8) is 0 Å². The van der Waals surface area contributed by atoms with Crippen LogP contribution in [-0.2, 0) is 19.1 Å².